The van der Waals surface area contributed by atoms with Crippen molar-refractivity contribution in [3.05, 3.63) is 42.4 Å². The van der Waals surface area contributed by atoms with E-state index in [0.29, 0.717) is 12.1 Å². The molecule has 4 nitrogen and oxygen atoms in total. The summed E-state index contributed by atoms with van der Waals surface area (Å²) in [5.41, 5.74) is 3.96. The third-order valence-corrected chi connectivity index (χ3v) is 7.46. The molecule has 4 heterocycles. The summed E-state index contributed by atoms with van der Waals surface area (Å²) < 4.78 is 2.27. The van der Waals surface area contributed by atoms with E-state index in [2.05, 4.69) is 39.1 Å². The maximum atomic E-state index is 11.4. The average molecular weight is 335 g/mol. The molecule has 4 atom stereocenters. The number of piperidine rings is 2. The van der Waals surface area contributed by atoms with E-state index in [0.717, 1.165) is 25.2 Å². The number of nitrogens with one attached hydrogen (secondary N) is 1. The van der Waals surface area contributed by atoms with E-state index in [-0.39, 0.29) is 17.6 Å². The van der Waals surface area contributed by atoms with Crippen molar-refractivity contribution >= 4 is 0 Å². The highest BCUT2D eigenvalue weighted by molar-refractivity contribution is 5.68. The van der Waals surface area contributed by atoms with Crippen LogP contribution in [0.4, 0.5) is 0 Å². The fourth-order valence-corrected chi connectivity index (χ4v) is 6.67. The fourth-order valence-electron chi connectivity index (χ4n) is 6.67. The Labute approximate surface area is 148 Å². The predicted molar refractivity (Wildman–Crippen MR) is 96.1 cm³/mol. The van der Waals surface area contributed by atoms with E-state index in [9.17, 15) is 5.11 Å². The lowest BCUT2D eigenvalue weighted by molar-refractivity contribution is -0.102. The SMILES string of the molecule is OC(CC1c2ccccc2-c2cncn21)C12CC3CC(C1)NC(C3)C2. The second kappa shape index (κ2) is 4.95. The van der Waals surface area contributed by atoms with E-state index >= 15 is 0 Å². The molecule has 2 N–H and O–H groups in total. The standard InChI is InChI=1S/C21H25N3O/c25-20(21-8-13-5-14(9-21)23-15(6-13)10-21)7-18-16-3-1-2-4-17(16)19-11-22-12-24(18)19/h1-4,11-15,18,20,23,25H,5-10H2. The molecule has 1 aromatic carbocycles. The monoisotopic (exact) mass is 335 g/mol. The van der Waals surface area contributed by atoms with Crippen LogP contribution in [0.15, 0.2) is 36.8 Å². The van der Waals surface area contributed by atoms with Gasteiger partial charge in [0.2, 0.25) is 0 Å². The Morgan fingerprint density at radius 1 is 1.20 bits per heavy atom. The van der Waals surface area contributed by atoms with Crippen LogP contribution in [0.25, 0.3) is 11.3 Å². The summed E-state index contributed by atoms with van der Waals surface area (Å²) in [6, 6.07) is 10.1. The summed E-state index contributed by atoms with van der Waals surface area (Å²) in [6.07, 6.45) is 10.7. The van der Waals surface area contributed by atoms with Gasteiger partial charge in [-0.05, 0) is 55.4 Å². The molecule has 5 aliphatic rings. The van der Waals surface area contributed by atoms with E-state index < -0.39 is 0 Å². The van der Waals surface area contributed by atoms with Gasteiger partial charge in [-0.3, -0.25) is 0 Å². The number of hydrogen-bond acceptors (Lipinski definition) is 3. The maximum Gasteiger partial charge on any atom is 0.0956 e. The van der Waals surface area contributed by atoms with Gasteiger partial charge >= 0.3 is 0 Å². The number of aliphatic hydroxyl groups is 1. The van der Waals surface area contributed by atoms with Crippen molar-refractivity contribution < 1.29 is 5.11 Å². The molecule has 2 saturated heterocycles. The second-order valence-electron chi connectivity index (χ2n) is 8.91. The van der Waals surface area contributed by atoms with Crippen LogP contribution < -0.4 is 5.32 Å². The lowest BCUT2D eigenvalue weighted by atomic mass is 9.53. The van der Waals surface area contributed by atoms with Gasteiger partial charge in [-0.25, -0.2) is 4.98 Å². The molecule has 0 spiro atoms. The van der Waals surface area contributed by atoms with Crippen LogP contribution in [0, 0.1) is 11.3 Å². The Hall–Kier alpha value is -1.65. The molecule has 25 heavy (non-hydrogen) atoms. The first-order chi connectivity index (χ1) is 12.2. The molecule has 130 valence electrons. The molecule has 2 saturated carbocycles. The van der Waals surface area contributed by atoms with E-state index in [1.54, 1.807) is 0 Å². The third kappa shape index (κ3) is 1.98. The minimum atomic E-state index is -0.228. The van der Waals surface area contributed by atoms with E-state index in [1.165, 1.54) is 36.1 Å². The first-order valence-corrected chi connectivity index (χ1v) is 9.77. The summed E-state index contributed by atoms with van der Waals surface area (Å²) in [7, 11) is 0. The summed E-state index contributed by atoms with van der Waals surface area (Å²) >= 11 is 0. The zero-order valence-electron chi connectivity index (χ0n) is 14.4. The van der Waals surface area contributed by atoms with Crippen LogP contribution in [0.3, 0.4) is 0 Å². The highest BCUT2D eigenvalue weighted by Crippen LogP contribution is 2.56. The Balaban J connectivity index is 1.33. The van der Waals surface area contributed by atoms with Crippen molar-refractivity contribution in [2.45, 2.75) is 62.8 Å². The van der Waals surface area contributed by atoms with Gasteiger partial charge in [-0.15, -0.1) is 0 Å². The number of imidazole rings is 1. The quantitative estimate of drug-likeness (QED) is 0.906. The minimum absolute atomic E-state index is 0.139. The number of rotatable bonds is 3. The van der Waals surface area contributed by atoms with Crippen LogP contribution in [-0.4, -0.2) is 32.8 Å². The summed E-state index contributed by atoms with van der Waals surface area (Å²) in [5, 5.41) is 15.2. The van der Waals surface area contributed by atoms with Crippen molar-refractivity contribution in [1.29, 1.82) is 0 Å². The van der Waals surface area contributed by atoms with Gasteiger partial charge in [0.25, 0.3) is 0 Å². The Morgan fingerprint density at radius 3 is 2.80 bits per heavy atom. The zero-order valence-corrected chi connectivity index (χ0v) is 14.4. The van der Waals surface area contributed by atoms with Crippen molar-refractivity contribution in [2.24, 2.45) is 11.3 Å². The summed E-state index contributed by atoms with van der Waals surface area (Å²) in [6.45, 7) is 0. The number of benzene rings is 1. The molecule has 4 bridgehead atoms. The van der Waals surface area contributed by atoms with Crippen molar-refractivity contribution in [3.8, 4) is 11.3 Å². The Bertz CT molecular complexity index is 791. The van der Waals surface area contributed by atoms with Crippen LogP contribution in [0.2, 0.25) is 0 Å². The molecule has 0 amide bonds. The molecule has 3 aliphatic heterocycles. The summed E-state index contributed by atoms with van der Waals surface area (Å²) in [5.74, 6) is 0.827. The molecule has 4 fully saturated rings. The molecule has 4 unspecified atom stereocenters. The molecule has 4 heteroatoms. The molecule has 0 radical (unpaired) electrons. The third-order valence-electron chi connectivity index (χ3n) is 7.46. The lowest BCUT2D eigenvalue weighted by Gasteiger charge is -2.59. The second-order valence-corrected chi connectivity index (χ2v) is 8.91. The van der Waals surface area contributed by atoms with Crippen molar-refractivity contribution in [2.75, 3.05) is 0 Å². The molecule has 7 rings (SSSR count). The van der Waals surface area contributed by atoms with Gasteiger partial charge in [0, 0.05) is 17.6 Å². The molecular weight excluding hydrogens is 310 g/mol. The normalized spacial score (nSPS) is 38.6. The van der Waals surface area contributed by atoms with E-state index in [1.807, 2.05) is 12.5 Å². The average Bonchev–Trinajstić information content (AvgIpc) is 3.17. The number of fused-ring (bicyclic) bond motifs is 3. The first kappa shape index (κ1) is 14.5. The highest BCUT2D eigenvalue weighted by atomic mass is 16.3. The molecular formula is C21H25N3O. The van der Waals surface area contributed by atoms with Crippen molar-refractivity contribution in [3.63, 3.8) is 0 Å². The van der Waals surface area contributed by atoms with Gasteiger partial charge in [-0.1, -0.05) is 24.3 Å². The fraction of sp³-hybridized carbons (Fsp3) is 0.571. The van der Waals surface area contributed by atoms with Crippen LogP contribution in [0.1, 0.15) is 50.1 Å². The number of hydrogen-bond donors (Lipinski definition) is 2. The number of nitrogens with zero attached hydrogens (tertiary/aromatic N) is 2. The molecule has 2 aliphatic carbocycles. The maximum absolute atomic E-state index is 11.4. The Kier molecular flexibility index (Phi) is 2.88. The van der Waals surface area contributed by atoms with E-state index in [4.69, 9.17) is 0 Å². The van der Waals surface area contributed by atoms with Crippen LogP contribution in [0.5, 0.6) is 0 Å². The van der Waals surface area contributed by atoms with Gasteiger partial charge < -0.3 is 15.0 Å². The van der Waals surface area contributed by atoms with Gasteiger partial charge in [0.15, 0.2) is 0 Å². The predicted octanol–water partition coefficient (Wildman–Crippen LogP) is 3.12. The Morgan fingerprint density at radius 2 is 2.00 bits per heavy atom. The smallest absolute Gasteiger partial charge is 0.0956 e. The summed E-state index contributed by atoms with van der Waals surface area (Å²) in [4.78, 5) is 4.36. The minimum Gasteiger partial charge on any atom is -0.392 e. The largest absolute Gasteiger partial charge is 0.392 e. The zero-order chi connectivity index (χ0) is 16.6. The van der Waals surface area contributed by atoms with Crippen LogP contribution in [-0.2, 0) is 0 Å². The molecule has 2 aromatic rings. The van der Waals surface area contributed by atoms with Crippen molar-refractivity contribution in [1.82, 2.24) is 14.9 Å². The number of aromatic nitrogens is 2. The lowest BCUT2D eigenvalue weighted by Crippen LogP contribution is -2.63. The van der Waals surface area contributed by atoms with Gasteiger partial charge in [0.05, 0.1) is 30.4 Å². The first-order valence-electron chi connectivity index (χ1n) is 9.77. The topological polar surface area (TPSA) is 50.1 Å². The molecule has 1 aromatic heterocycles. The number of aliphatic hydroxyl groups excluding tert-OH is 1. The highest BCUT2D eigenvalue weighted by Gasteiger charge is 2.54. The van der Waals surface area contributed by atoms with Gasteiger partial charge in [0.1, 0.15) is 0 Å². The van der Waals surface area contributed by atoms with Crippen LogP contribution >= 0.6 is 0 Å². The van der Waals surface area contributed by atoms with Gasteiger partial charge in [-0.2, -0.15) is 0 Å².